The second-order valence-electron chi connectivity index (χ2n) is 5.12. The van der Waals surface area contributed by atoms with E-state index in [1.807, 2.05) is 12.3 Å². The van der Waals surface area contributed by atoms with E-state index in [9.17, 15) is 0 Å². The number of aliphatic hydroxyl groups is 1. The van der Waals surface area contributed by atoms with Crippen molar-refractivity contribution in [3.05, 3.63) is 23.9 Å². The van der Waals surface area contributed by atoms with E-state index in [0.717, 1.165) is 38.3 Å². The second-order valence-corrected chi connectivity index (χ2v) is 5.12. The van der Waals surface area contributed by atoms with Crippen LogP contribution in [0.3, 0.4) is 0 Å². The molecule has 4 nitrogen and oxygen atoms in total. The van der Waals surface area contributed by atoms with Crippen molar-refractivity contribution >= 4 is 5.82 Å². The predicted molar refractivity (Wildman–Crippen MR) is 80.3 cm³/mol. The molecule has 0 saturated carbocycles. The van der Waals surface area contributed by atoms with Crippen LogP contribution in [-0.2, 0) is 6.54 Å². The van der Waals surface area contributed by atoms with Gasteiger partial charge in [0, 0.05) is 38.5 Å². The third-order valence-corrected chi connectivity index (χ3v) is 3.10. The molecule has 0 amide bonds. The van der Waals surface area contributed by atoms with E-state index in [4.69, 9.17) is 5.11 Å². The predicted octanol–water partition coefficient (Wildman–Crippen LogP) is 2.50. The minimum Gasteiger partial charge on any atom is -0.396 e. The first-order chi connectivity index (χ1) is 9.17. The maximum atomic E-state index is 8.93. The van der Waals surface area contributed by atoms with Crippen LogP contribution in [-0.4, -0.2) is 40.7 Å². The molecule has 108 valence electrons. The van der Waals surface area contributed by atoms with E-state index in [2.05, 4.69) is 42.0 Å². The first-order valence-electron chi connectivity index (χ1n) is 7.21. The van der Waals surface area contributed by atoms with Gasteiger partial charge in [-0.05, 0) is 38.3 Å². The van der Waals surface area contributed by atoms with E-state index >= 15 is 0 Å². The largest absolute Gasteiger partial charge is 0.396 e. The molecule has 0 aliphatic rings. The van der Waals surface area contributed by atoms with Crippen LogP contribution in [0.5, 0.6) is 0 Å². The number of anilines is 1. The van der Waals surface area contributed by atoms with Crippen LogP contribution in [0.2, 0.25) is 0 Å². The van der Waals surface area contributed by atoms with Crippen molar-refractivity contribution in [3.8, 4) is 0 Å². The van der Waals surface area contributed by atoms with Crippen molar-refractivity contribution in [1.29, 1.82) is 0 Å². The van der Waals surface area contributed by atoms with Crippen LogP contribution in [0.1, 0.15) is 39.2 Å². The van der Waals surface area contributed by atoms with Crippen molar-refractivity contribution in [1.82, 2.24) is 9.88 Å². The lowest BCUT2D eigenvalue weighted by molar-refractivity contribution is 0.184. The molecule has 1 heterocycles. The Morgan fingerprint density at radius 2 is 2.16 bits per heavy atom. The van der Waals surface area contributed by atoms with E-state index in [1.165, 1.54) is 5.56 Å². The molecule has 0 aromatic carbocycles. The quantitative estimate of drug-likeness (QED) is 0.720. The normalized spacial score (nSPS) is 11.3. The molecule has 0 fully saturated rings. The highest BCUT2D eigenvalue weighted by Crippen LogP contribution is 2.10. The Balaban J connectivity index is 2.54. The van der Waals surface area contributed by atoms with Gasteiger partial charge in [-0.3, -0.25) is 4.90 Å². The third kappa shape index (κ3) is 6.03. The summed E-state index contributed by atoms with van der Waals surface area (Å²) in [5, 5.41) is 12.2. The molecule has 0 saturated heterocycles. The molecule has 0 spiro atoms. The number of aliphatic hydroxyl groups excluding tert-OH is 1. The summed E-state index contributed by atoms with van der Waals surface area (Å²) in [7, 11) is 0. The Bertz CT molecular complexity index is 338. The summed E-state index contributed by atoms with van der Waals surface area (Å²) in [5.74, 6) is 0.942. The Morgan fingerprint density at radius 1 is 1.37 bits per heavy atom. The molecule has 4 heteroatoms. The topological polar surface area (TPSA) is 48.4 Å². The van der Waals surface area contributed by atoms with E-state index in [0.29, 0.717) is 6.04 Å². The van der Waals surface area contributed by atoms with Crippen LogP contribution in [0, 0.1) is 0 Å². The standard InChI is InChI=1S/C15H27N3O/c1-4-8-16-15-7-6-14(11-17-15)12-18(13(2)3)9-5-10-19/h6-7,11,13,19H,4-5,8-10,12H2,1-3H3,(H,16,17). The number of rotatable bonds is 9. The summed E-state index contributed by atoms with van der Waals surface area (Å²) in [6.45, 7) is 9.53. The average molecular weight is 265 g/mol. The van der Waals surface area contributed by atoms with Gasteiger partial charge in [-0.1, -0.05) is 13.0 Å². The summed E-state index contributed by atoms with van der Waals surface area (Å²) in [5.41, 5.74) is 1.22. The summed E-state index contributed by atoms with van der Waals surface area (Å²) < 4.78 is 0. The first kappa shape index (κ1) is 15.9. The maximum Gasteiger partial charge on any atom is 0.125 e. The summed E-state index contributed by atoms with van der Waals surface area (Å²) in [4.78, 5) is 6.78. The zero-order chi connectivity index (χ0) is 14.1. The van der Waals surface area contributed by atoms with Gasteiger partial charge in [0.15, 0.2) is 0 Å². The molecule has 2 N–H and O–H groups in total. The van der Waals surface area contributed by atoms with Crippen molar-refractivity contribution in [2.75, 3.05) is 25.0 Å². The van der Waals surface area contributed by atoms with Crippen LogP contribution >= 0.6 is 0 Å². The van der Waals surface area contributed by atoms with Gasteiger partial charge in [0.05, 0.1) is 0 Å². The monoisotopic (exact) mass is 265 g/mol. The van der Waals surface area contributed by atoms with Crippen LogP contribution < -0.4 is 5.32 Å². The Hall–Kier alpha value is -1.13. The zero-order valence-corrected chi connectivity index (χ0v) is 12.4. The smallest absolute Gasteiger partial charge is 0.125 e. The highest BCUT2D eigenvalue weighted by atomic mass is 16.3. The fourth-order valence-corrected chi connectivity index (χ4v) is 1.90. The zero-order valence-electron chi connectivity index (χ0n) is 12.4. The molecule has 0 aliphatic carbocycles. The number of aromatic nitrogens is 1. The third-order valence-electron chi connectivity index (χ3n) is 3.10. The van der Waals surface area contributed by atoms with Gasteiger partial charge >= 0.3 is 0 Å². The number of nitrogens with one attached hydrogen (secondary N) is 1. The van der Waals surface area contributed by atoms with Gasteiger partial charge < -0.3 is 10.4 Å². The van der Waals surface area contributed by atoms with Crippen molar-refractivity contribution in [2.45, 2.75) is 46.2 Å². The highest BCUT2D eigenvalue weighted by Gasteiger charge is 2.09. The van der Waals surface area contributed by atoms with Gasteiger partial charge in [0.2, 0.25) is 0 Å². The summed E-state index contributed by atoms with van der Waals surface area (Å²) in [6.07, 6.45) is 3.86. The Labute approximate surface area is 116 Å². The molecule has 1 aromatic rings. The highest BCUT2D eigenvalue weighted by molar-refractivity contribution is 5.35. The molecule has 1 aromatic heterocycles. The fourth-order valence-electron chi connectivity index (χ4n) is 1.90. The van der Waals surface area contributed by atoms with Crippen LogP contribution in [0.4, 0.5) is 5.82 Å². The van der Waals surface area contributed by atoms with Gasteiger partial charge in [0.25, 0.3) is 0 Å². The van der Waals surface area contributed by atoms with Crippen molar-refractivity contribution in [3.63, 3.8) is 0 Å². The van der Waals surface area contributed by atoms with Gasteiger partial charge in [-0.2, -0.15) is 0 Å². The molecule has 1 rings (SSSR count). The molecule has 0 unspecified atom stereocenters. The molecular weight excluding hydrogens is 238 g/mol. The van der Waals surface area contributed by atoms with Crippen molar-refractivity contribution in [2.24, 2.45) is 0 Å². The summed E-state index contributed by atoms with van der Waals surface area (Å²) in [6, 6.07) is 4.64. The van der Waals surface area contributed by atoms with Gasteiger partial charge in [0.1, 0.15) is 5.82 Å². The van der Waals surface area contributed by atoms with Gasteiger partial charge in [-0.15, -0.1) is 0 Å². The molecular formula is C15H27N3O. The van der Waals surface area contributed by atoms with Crippen LogP contribution in [0.25, 0.3) is 0 Å². The van der Waals surface area contributed by atoms with Crippen LogP contribution in [0.15, 0.2) is 18.3 Å². The molecule has 0 atom stereocenters. The first-order valence-corrected chi connectivity index (χ1v) is 7.21. The lowest BCUT2D eigenvalue weighted by Gasteiger charge is -2.26. The Kier molecular flexibility index (Phi) is 7.45. The summed E-state index contributed by atoms with van der Waals surface area (Å²) >= 11 is 0. The number of pyridine rings is 1. The molecule has 0 bridgehead atoms. The maximum absolute atomic E-state index is 8.93. The SMILES string of the molecule is CCCNc1ccc(CN(CCCO)C(C)C)cn1. The lowest BCUT2D eigenvalue weighted by atomic mass is 10.2. The number of hydrogen-bond donors (Lipinski definition) is 2. The molecule has 0 radical (unpaired) electrons. The fraction of sp³-hybridized carbons (Fsp3) is 0.667. The average Bonchev–Trinajstić information content (AvgIpc) is 2.42. The minimum absolute atomic E-state index is 0.251. The Morgan fingerprint density at radius 3 is 2.68 bits per heavy atom. The number of hydrogen-bond acceptors (Lipinski definition) is 4. The van der Waals surface area contributed by atoms with Gasteiger partial charge in [-0.25, -0.2) is 4.98 Å². The number of nitrogens with zero attached hydrogens (tertiary/aromatic N) is 2. The second kappa shape index (κ2) is 8.88. The molecule has 0 aliphatic heterocycles. The molecule has 19 heavy (non-hydrogen) atoms. The van der Waals surface area contributed by atoms with E-state index < -0.39 is 0 Å². The minimum atomic E-state index is 0.251. The van der Waals surface area contributed by atoms with Crippen molar-refractivity contribution < 1.29 is 5.11 Å². The van der Waals surface area contributed by atoms with E-state index in [1.54, 1.807) is 0 Å². The lowest BCUT2D eigenvalue weighted by Crippen LogP contribution is -2.31. The van der Waals surface area contributed by atoms with E-state index in [-0.39, 0.29) is 6.61 Å².